The first kappa shape index (κ1) is 15.3. The number of carbonyl (C=O) groups is 1. The van der Waals surface area contributed by atoms with Crippen LogP contribution in [0, 0.1) is 11.3 Å². The molecule has 4 heteroatoms. The van der Waals surface area contributed by atoms with Crippen LogP contribution in [0.3, 0.4) is 0 Å². The monoisotopic (exact) mass is 294 g/mol. The lowest BCUT2D eigenvalue weighted by molar-refractivity contribution is -0.132. The lowest BCUT2D eigenvalue weighted by atomic mass is 9.75. The summed E-state index contributed by atoms with van der Waals surface area (Å²) in [5, 5.41) is 7.16. The Morgan fingerprint density at radius 3 is 2.65 bits per heavy atom. The summed E-state index contributed by atoms with van der Waals surface area (Å²) < 4.78 is 0. The highest BCUT2D eigenvalue weighted by molar-refractivity contribution is 6.30. The first-order valence-electron chi connectivity index (χ1n) is 7.28. The van der Waals surface area contributed by atoms with Gasteiger partial charge in [-0.25, -0.2) is 0 Å². The third-order valence-corrected chi connectivity index (χ3v) is 4.61. The third kappa shape index (κ3) is 3.33. The van der Waals surface area contributed by atoms with Gasteiger partial charge in [0.25, 0.3) is 0 Å². The van der Waals surface area contributed by atoms with E-state index in [1.54, 1.807) is 0 Å². The van der Waals surface area contributed by atoms with E-state index in [2.05, 4.69) is 24.5 Å². The summed E-state index contributed by atoms with van der Waals surface area (Å²) in [5.41, 5.74) is 0.956. The summed E-state index contributed by atoms with van der Waals surface area (Å²) in [4.78, 5) is 12.5. The molecule has 2 N–H and O–H groups in total. The Hall–Kier alpha value is -1.06. The minimum Gasteiger partial charge on any atom is -0.355 e. The number of halogens is 1. The maximum atomic E-state index is 12.5. The normalized spacial score (nSPS) is 22.2. The van der Waals surface area contributed by atoms with Crippen LogP contribution in [0.5, 0.6) is 0 Å². The maximum Gasteiger partial charge on any atom is 0.227 e. The number of hydrogen-bond acceptors (Lipinski definition) is 2. The third-order valence-electron chi connectivity index (χ3n) is 4.36. The average molecular weight is 295 g/mol. The number of rotatable bonds is 5. The predicted octanol–water partition coefficient (Wildman–Crippen LogP) is 2.63. The summed E-state index contributed by atoms with van der Waals surface area (Å²) in [5.74, 6) is 0.541. The molecule has 20 heavy (non-hydrogen) atoms. The van der Waals surface area contributed by atoms with Crippen molar-refractivity contribution in [1.29, 1.82) is 0 Å². The van der Waals surface area contributed by atoms with Crippen LogP contribution in [0.4, 0.5) is 0 Å². The smallest absolute Gasteiger partial charge is 0.227 e. The van der Waals surface area contributed by atoms with Crippen LogP contribution in [0.2, 0.25) is 5.02 Å². The van der Waals surface area contributed by atoms with Crippen LogP contribution in [-0.2, 0) is 11.2 Å². The van der Waals surface area contributed by atoms with E-state index >= 15 is 0 Å². The molecule has 1 amide bonds. The van der Waals surface area contributed by atoms with E-state index in [0.29, 0.717) is 12.5 Å². The maximum absolute atomic E-state index is 12.5. The molecule has 0 radical (unpaired) electrons. The molecule has 3 nitrogen and oxygen atoms in total. The number of hydrogen-bond donors (Lipinski definition) is 2. The highest BCUT2D eigenvalue weighted by Crippen LogP contribution is 2.34. The molecule has 1 atom stereocenters. The van der Waals surface area contributed by atoms with Gasteiger partial charge in [-0.3, -0.25) is 4.79 Å². The van der Waals surface area contributed by atoms with Gasteiger partial charge in [0.1, 0.15) is 0 Å². The highest BCUT2D eigenvalue weighted by Gasteiger charge is 2.43. The summed E-state index contributed by atoms with van der Waals surface area (Å²) >= 11 is 5.86. The first-order valence-corrected chi connectivity index (χ1v) is 7.66. The van der Waals surface area contributed by atoms with Crippen LogP contribution in [-0.4, -0.2) is 25.5 Å². The summed E-state index contributed by atoms with van der Waals surface area (Å²) in [6, 6.07) is 7.78. The molecule has 0 aliphatic carbocycles. The standard InChI is InChI=1S/C16H23ClN2O/c1-12(2)16(8-10-18-11-16)15(20)19-9-7-13-3-5-14(17)6-4-13/h3-6,12,18H,7-11H2,1-2H3,(H,19,20). The Morgan fingerprint density at radius 1 is 1.40 bits per heavy atom. The fourth-order valence-corrected chi connectivity index (χ4v) is 2.93. The zero-order valence-electron chi connectivity index (χ0n) is 12.2. The van der Waals surface area contributed by atoms with Gasteiger partial charge in [-0.2, -0.15) is 0 Å². The molecule has 1 unspecified atom stereocenters. The summed E-state index contributed by atoms with van der Waals surface area (Å²) in [6.07, 6.45) is 1.77. The first-order chi connectivity index (χ1) is 9.54. The van der Waals surface area contributed by atoms with Crippen molar-refractivity contribution < 1.29 is 4.79 Å². The topological polar surface area (TPSA) is 41.1 Å². The van der Waals surface area contributed by atoms with E-state index in [4.69, 9.17) is 11.6 Å². The Balaban J connectivity index is 1.87. The molecule has 110 valence electrons. The molecule has 2 rings (SSSR count). The van der Waals surface area contributed by atoms with E-state index in [0.717, 1.165) is 31.0 Å². The van der Waals surface area contributed by atoms with Crippen LogP contribution in [0.25, 0.3) is 0 Å². The van der Waals surface area contributed by atoms with Crippen molar-refractivity contribution in [2.75, 3.05) is 19.6 Å². The van der Waals surface area contributed by atoms with Gasteiger partial charge in [0.05, 0.1) is 5.41 Å². The van der Waals surface area contributed by atoms with Gasteiger partial charge >= 0.3 is 0 Å². The quantitative estimate of drug-likeness (QED) is 0.876. The van der Waals surface area contributed by atoms with Crippen molar-refractivity contribution in [2.45, 2.75) is 26.7 Å². The average Bonchev–Trinajstić information content (AvgIpc) is 2.91. The summed E-state index contributed by atoms with van der Waals surface area (Å²) in [6.45, 7) is 6.66. The molecule has 1 aromatic carbocycles. The molecular formula is C16H23ClN2O. The minimum absolute atomic E-state index is 0.187. The second-order valence-corrected chi connectivity index (χ2v) is 6.31. The van der Waals surface area contributed by atoms with Crippen molar-refractivity contribution in [1.82, 2.24) is 10.6 Å². The lowest BCUT2D eigenvalue weighted by Gasteiger charge is -2.31. The molecule has 1 saturated heterocycles. The fourth-order valence-electron chi connectivity index (χ4n) is 2.81. The van der Waals surface area contributed by atoms with Gasteiger partial charge in [0, 0.05) is 18.1 Å². The molecule has 0 saturated carbocycles. The Morgan fingerprint density at radius 2 is 2.10 bits per heavy atom. The van der Waals surface area contributed by atoms with Crippen LogP contribution < -0.4 is 10.6 Å². The van der Waals surface area contributed by atoms with Gasteiger partial charge in [-0.05, 0) is 43.0 Å². The van der Waals surface area contributed by atoms with E-state index < -0.39 is 0 Å². The second-order valence-electron chi connectivity index (χ2n) is 5.87. The minimum atomic E-state index is -0.236. The van der Waals surface area contributed by atoms with Gasteiger partial charge < -0.3 is 10.6 Å². The largest absolute Gasteiger partial charge is 0.355 e. The van der Waals surface area contributed by atoms with Gasteiger partial charge in [-0.1, -0.05) is 37.6 Å². The van der Waals surface area contributed by atoms with Crippen LogP contribution in [0.15, 0.2) is 24.3 Å². The lowest BCUT2D eigenvalue weighted by Crippen LogP contribution is -2.46. The SMILES string of the molecule is CC(C)C1(C(=O)NCCc2ccc(Cl)cc2)CCNC1. The van der Waals surface area contributed by atoms with Crippen LogP contribution >= 0.6 is 11.6 Å². The molecule has 1 aromatic rings. The Bertz CT molecular complexity index is 450. The number of carbonyl (C=O) groups excluding carboxylic acids is 1. The van der Waals surface area contributed by atoms with E-state index in [1.165, 1.54) is 5.56 Å². The van der Waals surface area contributed by atoms with Gasteiger partial charge in [-0.15, -0.1) is 0 Å². The van der Waals surface area contributed by atoms with E-state index in [-0.39, 0.29) is 11.3 Å². The van der Waals surface area contributed by atoms with Crippen molar-refractivity contribution in [3.05, 3.63) is 34.9 Å². The van der Waals surface area contributed by atoms with Gasteiger partial charge in [0.2, 0.25) is 5.91 Å². The molecule has 0 aromatic heterocycles. The zero-order chi connectivity index (χ0) is 14.6. The second kappa shape index (κ2) is 6.59. The number of benzene rings is 1. The van der Waals surface area contributed by atoms with Crippen molar-refractivity contribution in [3.8, 4) is 0 Å². The highest BCUT2D eigenvalue weighted by atomic mass is 35.5. The summed E-state index contributed by atoms with van der Waals surface area (Å²) in [7, 11) is 0. The molecule has 0 spiro atoms. The predicted molar refractivity (Wildman–Crippen MR) is 82.9 cm³/mol. The van der Waals surface area contributed by atoms with E-state index in [1.807, 2.05) is 24.3 Å². The number of nitrogens with one attached hydrogen (secondary N) is 2. The molecular weight excluding hydrogens is 272 g/mol. The van der Waals surface area contributed by atoms with Crippen LogP contribution in [0.1, 0.15) is 25.8 Å². The number of amides is 1. The van der Waals surface area contributed by atoms with Crippen molar-refractivity contribution in [2.24, 2.45) is 11.3 Å². The van der Waals surface area contributed by atoms with E-state index in [9.17, 15) is 4.79 Å². The fraction of sp³-hybridized carbons (Fsp3) is 0.562. The molecule has 1 aliphatic rings. The Labute approximate surface area is 126 Å². The van der Waals surface area contributed by atoms with Gasteiger partial charge in [0.15, 0.2) is 0 Å². The molecule has 1 heterocycles. The molecule has 0 bridgehead atoms. The van der Waals surface area contributed by atoms with Crippen molar-refractivity contribution >= 4 is 17.5 Å². The molecule has 1 fully saturated rings. The molecule has 1 aliphatic heterocycles. The van der Waals surface area contributed by atoms with Crippen molar-refractivity contribution in [3.63, 3.8) is 0 Å². The Kier molecular flexibility index (Phi) is 5.06. The zero-order valence-corrected chi connectivity index (χ0v) is 13.0.